The van der Waals surface area contributed by atoms with Gasteiger partial charge in [0.1, 0.15) is 0 Å². The van der Waals surface area contributed by atoms with Gasteiger partial charge < -0.3 is 10.0 Å². The number of rotatable bonds is 3. The fourth-order valence-corrected chi connectivity index (χ4v) is 1.26. The third kappa shape index (κ3) is 1.98. The molecule has 0 amide bonds. The summed E-state index contributed by atoms with van der Waals surface area (Å²) in [6, 6.07) is 8.16. The smallest absolute Gasteiger partial charge is 0.0606 e. The van der Waals surface area contributed by atoms with Crippen LogP contribution in [0.3, 0.4) is 0 Å². The molecule has 0 bridgehead atoms. The summed E-state index contributed by atoms with van der Waals surface area (Å²) in [6.07, 6.45) is 0. The monoisotopic (exact) mass is 165 g/mol. The summed E-state index contributed by atoms with van der Waals surface area (Å²) in [6.45, 7) is 2.96. The standard InChI is InChI=1S/C10H15NO/c1-9-5-3-4-6-10(9)11(2)7-8-12/h3-6,12H,7-8H2,1-2H3. The molecule has 1 rings (SSSR count). The van der Waals surface area contributed by atoms with Crippen LogP contribution < -0.4 is 4.90 Å². The molecule has 0 saturated carbocycles. The summed E-state index contributed by atoms with van der Waals surface area (Å²) >= 11 is 0. The van der Waals surface area contributed by atoms with Crippen molar-refractivity contribution in [2.24, 2.45) is 0 Å². The molecule has 2 nitrogen and oxygen atoms in total. The van der Waals surface area contributed by atoms with Gasteiger partial charge in [0, 0.05) is 19.3 Å². The van der Waals surface area contributed by atoms with Gasteiger partial charge in [-0.1, -0.05) is 18.2 Å². The normalized spacial score (nSPS) is 9.92. The number of aryl methyl sites for hydroxylation is 1. The Balaban J connectivity index is 2.79. The predicted molar refractivity (Wildman–Crippen MR) is 51.5 cm³/mol. The fraction of sp³-hybridized carbons (Fsp3) is 0.400. The molecule has 2 heteroatoms. The van der Waals surface area contributed by atoms with Gasteiger partial charge in [-0.15, -0.1) is 0 Å². The van der Waals surface area contributed by atoms with Crippen molar-refractivity contribution in [3.05, 3.63) is 29.8 Å². The summed E-state index contributed by atoms with van der Waals surface area (Å²) in [4.78, 5) is 2.05. The summed E-state index contributed by atoms with van der Waals surface area (Å²) in [5, 5.41) is 8.75. The van der Waals surface area contributed by atoms with E-state index in [4.69, 9.17) is 5.11 Å². The second kappa shape index (κ2) is 4.12. The van der Waals surface area contributed by atoms with Crippen molar-refractivity contribution in [1.82, 2.24) is 0 Å². The first-order chi connectivity index (χ1) is 5.75. The molecule has 0 aromatic heterocycles. The molecule has 1 aromatic carbocycles. The zero-order valence-electron chi connectivity index (χ0n) is 7.62. The Morgan fingerprint density at radius 1 is 1.33 bits per heavy atom. The highest BCUT2D eigenvalue weighted by molar-refractivity contribution is 5.52. The van der Waals surface area contributed by atoms with E-state index in [2.05, 4.69) is 24.0 Å². The van der Waals surface area contributed by atoms with E-state index in [0.717, 1.165) is 0 Å². The molecule has 0 radical (unpaired) electrons. The van der Waals surface area contributed by atoms with Crippen molar-refractivity contribution in [1.29, 1.82) is 0 Å². The third-order valence-electron chi connectivity index (χ3n) is 1.96. The molecule has 0 atom stereocenters. The quantitative estimate of drug-likeness (QED) is 0.732. The first kappa shape index (κ1) is 9.07. The topological polar surface area (TPSA) is 23.5 Å². The van der Waals surface area contributed by atoms with Crippen LogP contribution in [0.4, 0.5) is 5.69 Å². The van der Waals surface area contributed by atoms with Crippen molar-refractivity contribution in [2.75, 3.05) is 25.1 Å². The highest BCUT2D eigenvalue weighted by atomic mass is 16.3. The van der Waals surface area contributed by atoms with Gasteiger partial charge in [0.25, 0.3) is 0 Å². The molecule has 1 aromatic rings. The van der Waals surface area contributed by atoms with Crippen LogP contribution >= 0.6 is 0 Å². The summed E-state index contributed by atoms with van der Waals surface area (Å²) < 4.78 is 0. The largest absolute Gasteiger partial charge is 0.395 e. The molecular formula is C10H15NO. The van der Waals surface area contributed by atoms with E-state index in [-0.39, 0.29) is 6.61 Å². The van der Waals surface area contributed by atoms with E-state index in [1.54, 1.807) is 0 Å². The molecular weight excluding hydrogens is 150 g/mol. The minimum Gasteiger partial charge on any atom is -0.395 e. The highest BCUT2D eigenvalue weighted by Gasteiger charge is 2.01. The molecule has 0 aliphatic carbocycles. The number of aliphatic hydroxyl groups excluding tert-OH is 1. The maximum absolute atomic E-state index is 8.75. The molecule has 66 valence electrons. The lowest BCUT2D eigenvalue weighted by atomic mass is 10.2. The first-order valence-electron chi connectivity index (χ1n) is 4.13. The average molecular weight is 165 g/mol. The second-order valence-electron chi connectivity index (χ2n) is 2.93. The minimum atomic E-state index is 0.199. The van der Waals surface area contributed by atoms with Gasteiger partial charge >= 0.3 is 0 Å². The van der Waals surface area contributed by atoms with Crippen LogP contribution in [-0.2, 0) is 0 Å². The molecule has 0 saturated heterocycles. The van der Waals surface area contributed by atoms with E-state index < -0.39 is 0 Å². The average Bonchev–Trinajstić information content (AvgIpc) is 2.05. The minimum absolute atomic E-state index is 0.199. The maximum Gasteiger partial charge on any atom is 0.0606 e. The Morgan fingerprint density at radius 2 is 2.00 bits per heavy atom. The van der Waals surface area contributed by atoms with Crippen LogP contribution in [0.5, 0.6) is 0 Å². The zero-order valence-corrected chi connectivity index (χ0v) is 7.62. The second-order valence-corrected chi connectivity index (χ2v) is 2.93. The number of hydrogen-bond donors (Lipinski definition) is 1. The maximum atomic E-state index is 8.75. The Labute approximate surface area is 73.4 Å². The van der Waals surface area contributed by atoms with E-state index in [0.29, 0.717) is 6.54 Å². The molecule has 0 unspecified atom stereocenters. The molecule has 0 aliphatic heterocycles. The first-order valence-corrected chi connectivity index (χ1v) is 4.13. The lowest BCUT2D eigenvalue weighted by Crippen LogP contribution is -2.21. The molecule has 0 aliphatic rings. The van der Waals surface area contributed by atoms with Gasteiger partial charge in [0.15, 0.2) is 0 Å². The number of anilines is 1. The van der Waals surface area contributed by atoms with Crippen molar-refractivity contribution in [3.8, 4) is 0 Å². The number of nitrogens with zero attached hydrogens (tertiary/aromatic N) is 1. The Hall–Kier alpha value is -1.02. The Kier molecular flexibility index (Phi) is 3.11. The van der Waals surface area contributed by atoms with Gasteiger partial charge in [0.2, 0.25) is 0 Å². The van der Waals surface area contributed by atoms with Gasteiger partial charge in [0.05, 0.1) is 6.61 Å². The summed E-state index contributed by atoms with van der Waals surface area (Å²) in [5.41, 5.74) is 2.43. The molecule has 0 heterocycles. The number of para-hydroxylation sites is 1. The van der Waals surface area contributed by atoms with Crippen molar-refractivity contribution in [2.45, 2.75) is 6.92 Å². The van der Waals surface area contributed by atoms with Gasteiger partial charge in [-0.25, -0.2) is 0 Å². The highest BCUT2D eigenvalue weighted by Crippen LogP contribution is 2.16. The van der Waals surface area contributed by atoms with Gasteiger partial charge in [-0.2, -0.15) is 0 Å². The van der Waals surface area contributed by atoms with E-state index in [1.165, 1.54) is 11.3 Å². The van der Waals surface area contributed by atoms with Crippen LogP contribution in [0.15, 0.2) is 24.3 Å². The van der Waals surface area contributed by atoms with E-state index in [1.807, 2.05) is 19.2 Å². The molecule has 12 heavy (non-hydrogen) atoms. The lowest BCUT2D eigenvalue weighted by Gasteiger charge is -2.19. The number of hydrogen-bond acceptors (Lipinski definition) is 2. The summed E-state index contributed by atoms with van der Waals surface area (Å²) in [7, 11) is 1.98. The van der Waals surface area contributed by atoms with Crippen LogP contribution in [0, 0.1) is 6.92 Å². The van der Waals surface area contributed by atoms with Crippen LogP contribution in [-0.4, -0.2) is 25.3 Å². The Bertz CT molecular complexity index is 247. The molecule has 1 N–H and O–H groups in total. The molecule has 0 spiro atoms. The van der Waals surface area contributed by atoms with E-state index in [9.17, 15) is 0 Å². The summed E-state index contributed by atoms with van der Waals surface area (Å²) in [5.74, 6) is 0. The molecule has 0 fully saturated rings. The van der Waals surface area contributed by atoms with E-state index >= 15 is 0 Å². The van der Waals surface area contributed by atoms with Crippen molar-refractivity contribution >= 4 is 5.69 Å². The van der Waals surface area contributed by atoms with Crippen molar-refractivity contribution < 1.29 is 5.11 Å². The SMILES string of the molecule is Cc1ccccc1N(C)CCO. The number of benzene rings is 1. The van der Waals surface area contributed by atoms with Gasteiger partial charge in [-0.05, 0) is 18.6 Å². The van der Waals surface area contributed by atoms with Crippen molar-refractivity contribution in [3.63, 3.8) is 0 Å². The number of likely N-dealkylation sites (N-methyl/N-ethyl adjacent to an activating group) is 1. The lowest BCUT2D eigenvalue weighted by molar-refractivity contribution is 0.304. The van der Waals surface area contributed by atoms with Gasteiger partial charge in [-0.3, -0.25) is 0 Å². The fourth-order valence-electron chi connectivity index (χ4n) is 1.26. The zero-order chi connectivity index (χ0) is 8.97. The van der Waals surface area contributed by atoms with Crippen LogP contribution in [0.25, 0.3) is 0 Å². The Morgan fingerprint density at radius 3 is 2.58 bits per heavy atom. The third-order valence-corrected chi connectivity index (χ3v) is 1.96. The van der Waals surface area contributed by atoms with Crippen LogP contribution in [0.2, 0.25) is 0 Å². The predicted octanol–water partition coefficient (Wildman–Crippen LogP) is 1.42. The van der Waals surface area contributed by atoms with Crippen LogP contribution in [0.1, 0.15) is 5.56 Å². The number of aliphatic hydroxyl groups is 1.